The quantitative estimate of drug-likeness (QED) is 0.711. The Hall–Kier alpha value is -0.890. The Morgan fingerprint density at radius 3 is 2.58 bits per heavy atom. The van der Waals surface area contributed by atoms with Crippen molar-refractivity contribution >= 4 is 0 Å². The highest BCUT2D eigenvalue weighted by Gasteiger charge is 2.05. The van der Waals surface area contributed by atoms with Crippen molar-refractivity contribution in [2.75, 3.05) is 7.05 Å². The average molecular weight is 167 g/mol. The summed E-state index contributed by atoms with van der Waals surface area (Å²) in [5.41, 5.74) is 2.50. The van der Waals surface area contributed by atoms with Crippen LogP contribution < -0.4 is 5.32 Å². The molecule has 0 saturated carbocycles. The smallest absolute Gasteiger partial charge is 0.129 e. The predicted molar refractivity (Wildman–Crippen MR) is 48.6 cm³/mol. The Labute approximate surface area is 72.6 Å². The van der Waals surface area contributed by atoms with E-state index in [2.05, 4.69) is 5.32 Å². The van der Waals surface area contributed by atoms with Crippen LogP contribution in [0.1, 0.15) is 16.7 Å². The van der Waals surface area contributed by atoms with E-state index in [-0.39, 0.29) is 5.82 Å². The molecule has 0 saturated heterocycles. The van der Waals surface area contributed by atoms with E-state index in [1.165, 1.54) is 0 Å². The van der Waals surface area contributed by atoms with Crippen LogP contribution in [0, 0.1) is 19.7 Å². The van der Waals surface area contributed by atoms with Crippen molar-refractivity contribution in [1.82, 2.24) is 5.32 Å². The summed E-state index contributed by atoms with van der Waals surface area (Å²) in [6, 6.07) is 3.78. The third-order valence-electron chi connectivity index (χ3n) is 2.06. The Kier molecular flexibility index (Phi) is 2.82. The maximum absolute atomic E-state index is 13.3. The van der Waals surface area contributed by atoms with Gasteiger partial charge >= 0.3 is 0 Å². The summed E-state index contributed by atoms with van der Waals surface area (Å²) in [5, 5.41) is 3.00. The van der Waals surface area contributed by atoms with Gasteiger partial charge in [-0.1, -0.05) is 12.1 Å². The standard InChI is InChI=1S/C10H14FN/c1-7-4-5-9(6-12-3)8(2)10(7)11/h4-5,12H,6H2,1-3H3. The summed E-state index contributed by atoms with van der Waals surface area (Å²) < 4.78 is 13.3. The molecule has 0 heterocycles. The molecule has 0 unspecified atom stereocenters. The van der Waals surface area contributed by atoms with Crippen molar-refractivity contribution < 1.29 is 4.39 Å². The van der Waals surface area contributed by atoms with Crippen molar-refractivity contribution in [3.05, 3.63) is 34.6 Å². The van der Waals surface area contributed by atoms with Gasteiger partial charge in [-0.2, -0.15) is 0 Å². The van der Waals surface area contributed by atoms with Gasteiger partial charge in [-0.25, -0.2) is 4.39 Å². The maximum Gasteiger partial charge on any atom is 0.129 e. The summed E-state index contributed by atoms with van der Waals surface area (Å²) in [5.74, 6) is -0.0808. The summed E-state index contributed by atoms with van der Waals surface area (Å²) in [6.45, 7) is 4.32. The summed E-state index contributed by atoms with van der Waals surface area (Å²) in [7, 11) is 1.86. The van der Waals surface area contributed by atoms with Crippen LogP contribution >= 0.6 is 0 Å². The van der Waals surface area contributed by atoms with Crippen LogP contribution in [0.4, 0.5) is 4.39 Å². The van der Waals surface area contributed by atoms with E-state index >= 15 is 0 Å². The molecule has 1 N–H and O–H groups in total. The minimum Gasteiger partial charge on any atom is -0.316 e. The number of benzene rings is 1. The van der Waals surface area contributed by atoms with Gasteiger partial charge in [0.2, 0.25) is 0 Å². The highest BCUT2D eigenvalue weighted by atomic mass is 19.1. The van der Waals surface area contributed by atoms with Gasteiger partial charge in [0, 0.05) is 6.54 Å². The first-order valence-corrected chi connectivity index (χ1v) is 4.06. The fraction of sp³-hybridized carbons (Fsp3) is 0.400. The Morgan fingerprint density at radius 2 is 2.00 bits per heavy atom. The molecule has 0 fully saturated rings. The topological polar surface area (TPSA) is 12.0 Å². The van der Waals surface area contributed by atoms with Gasteiger partial charge in [0.05, 0.1) is 0 Å². The molecule has 0 atom stereocenters. The fourth-order valence-corrected chi connectivity index (χ4v) is 1.24. The number of aryl methyl sites for hydroxylation is 1. The zero-order chi connectivity index (χ0) is 9.14. The van der Waals surface area contributed by atoms with E-state index < -0.39 is 0 Å². The molecule has 0 aliphatic rings. The lowest BCUT2D eigenvalue weighted by Gasteiger charge is -2.07. The molecule has 0 aliphatic heterocycles. The fourth-order valence-electron chi connectivity index (χ4n) is 1.24. The molecule has 2 heteroatoms. The van der Waals surface area contributed by atoms with Gasteiger partial charge in [-0.05, 0) is 37.6 Å². The second-order valence-electron chi connectivity index (χ2n) is 3.01. The zero-order valence-electron chi connectivity index (χ0n) is 7.74. The van der Waals surface area contributed by atoms with Crippen molar-refractivity contribution in [3.8, 4) is 0 Å². The Bertz CT molecular complexity index is 281. The number of halogens is 1. The predicted octanol–water partition coefficient (Wildman–Crippen LogP) is 2.16. The molecule has 1 nitrogen and oxygen atoms in total. The number of rotatable bonds is 2. The van der Waals surface area contributed by atoms with Crippen LogP contribution in [-0.4, -0.2) is 7.05 Å². The average Bonchev–Trinajstić information content (AvgIpc) is 2.07. The number of hydrogen-bond acceptors (Lipinski definition) is 1. The van der Waals surface area contributed by atoms with Crippen LogP contribution in [-0.2, 0) is 6.54 Å². The van der Waals surface area contributed by atoms with E-state index in [9.17, 15) is 4.39 Å². The molecular weight excluding hydrogens is 153 g/mol. The van der Waals surface area contributed by atoms with Crippen molar-refractivity contribution in [2.45, 2.75) is 20.4 Å². The second kappa shape index (κ2) is 3.68. The van der Waals surface area contributed by atoms with Crippen molar-refractivity contribution in [1.29, 1.82) is 0 Å². The molecule has 0 aliphatic carbocycles. The molecular formula is C10H14FN. The molecule has 12 heavy (non-hydrogen) atoms. The lowest BCUT2D eigenvalue weighted by Crippen LogP contribution is -2.07. The van der Waals surface area contributed by atoms with E-state index in [0.29, 0.717) is 5.56 Å². The highest BCUT2D eigenvalue weighted by Crippen LogP contribution is 2.15. The molecule has 0 aromatic heterocycles. The van der Waals surface area contributed by atoms with Crippen LogP contribution in [0.5, 0.6) is 0 Å². The second-order valence-corrected chi connectivity index (χ2v) is 3.01. The third kappa shape index (κ3) is 1.64. The summed E-state index contributed by atoms with van der Waals surface area (Å²) in [6.07, 6.45) is 0. The summed E-state index contributed by atoms with van der Waals surface area (Å²) in [4.78, 5) is 0. The van der Waals surface area contributed by atoms with Crippen LogP contribution in [0.2, 0.25) is 0 Å². The molecule has 0 radical (unpaired) electrons. The van der Waals surface area contributed by atoms with E-state index in [0.717, 1.165) is 17.7 Å². The van der Waals surface area contributed by atoms with Gasteiger partial charge in [-0.15, -0.1) is 0 Å². The van der Waals surface area contributed by atoms with Gasteiger partial charge < -0.3 is 5.32 Å². The lowest BCUT2D eigenvalue weighted by molar-refractivity contribution is 0.604. The number of hydrogen-bond donors (Lipinski definition) is 1. The minimum atomic E-state index is -0.0808. The monoisotopic (exact) mass is 167 g/mol. The van der Waals surface area contributed by atoms with Gasteiger partial charge in [0.25, 0.3) is 0 Å². The first-order valence-electron chi connectivity index (χ1n) is 4.06. The van der Waals surface area contributed by atoms with Gasteiger partial charge in [-0.3, -0.25) is 0 Å². The SMILES string of the molecule is CNCc1ccc(C)c(F)c1C. The summed E-state index contributed by atoms with van der Waals surface area (Å²) >= 11 is 0. The Morgan fingerprint density at radius 1 is 1.33 bits per heavy atom. The number of nitrogens with one attached hydrogen (secondary N) is 1. The van der Waals surface area contributed by atoms with E-state index in [1.54, 1.807) is 6.92 Å². The zero-order valence-corrected chi connectivity index (χ0v) is 7.74. The molecule has 66 valence electrons. The van der Waals surface area contributed by atoms with Gasteiger partial charge in [0.1, 0.15) is 5.82 Å². The van der Waals surface area contributed by atoms with Gasteiger partial charge in [0.15, 0.2) is 0 Å². The lowest BCUT2D eigenvalue weighted by atomic mass is 10.0. The third-order valence-corrected chi connectivity index (χ3v) is 2.06. The highest BCUT2D eigenvalue weighted by molar-refractivity contribution is 5.32. The van der Waals surface area contributed by atoms with E-state index in [1.807, 2.05) is 26.1 Å². The normalized spacial score (nSPS) is 10.3. The molecule has 1 aromatic carbocycles. The minimum absolute atomic E-state index is 0.0808. The van der Waals surface area contributed by atoms with E-state index in [4.69, 9.17) is 0 Å². The first-order chi connectivity index (χ1) is 5.66. The molecule has 1 rings (SSSR count). The molecule has 1 aromatic rings. The Balaban J connectivity index is 3.08. The molecule has 0 bridgehead atoms. The maximum atomic E-state index is 13.3. The van der Waals surface area contributed by atoms with Crippen LogP contribution in [0.3, 0.4) is 0 Å². The van der Waals surface area contributed by atoms with Crippen molar-refractivity contribution in [3.63, 3.8) is 0 Å². The largest absolute Gasteiger partial charge is 0.316 e. The van der Waals surface area contributed by atoms with Crippen LogP contribution in [0.15, 0.2) is 12.1 Å². The molecule has 0 amide bonds. The first kappa shape index (κ1) is 9.20. The molecule has 0 spiro atoms. The van der Waals surface area contributed by atoms with Crippen LogP contribution in [0.25, 0.3) is 0 Å². The van der Waals surface area contributed by atoms with Crippen molar-refractivity contribution in [2.24, 2.45) is 0 Å².